The molecule has 0 saturated heterocycles. The molecular weight excluding hydrogens is 309 g/mol. The molecule has 0 aliphatic rings. The van der Waals surface area contributed by atoms with Crippen LogP contribution < -0.4 is 0 Å². The van der Waals surface area contributed by atoms with Crippen molar-refractivity contribution in [2.75, 3.05) is 0 Å². The summed E-state index contributed by atoms with van der Waals surface area (Å²) >= 11 is 0. The molecule has 0 aliphatic heterocycles. The van der Waals surface area contributed by atoms with E-state index in [1.165, 1.54) is 0 Å². The molecule has 0 aliphatic carbocycles. The number of hydrogen-bond acceptors (Lipinski definition) is 3. The molecule has 0 spiro atoms. The van der Waals surface area contributed by atoms with Crippen molar-refractivity contribution in [1.29, 1.82) is 0 Å². The fourth-order valence-electron chi connectivity index (χ4n) is 0. The molecule has 0 saturated carbocycles. The van der Waals surface area contributed by atoms with E-state index in [1.807, 2.05) is 0 Å². The van der Waals surface area contributed by atoms with E-state index >= 15 is 0 Å². The Morgan fingerprint density at radius 3 is 1.40 bits per heavy atom. The van der Waals surface area contributed by atoms with E-state index in [0.29, 0.717) is 0 Å². The molecule has 0 aromatic heterocycles. The second-order valence-electron chi connectivity index (χ2n) is 0.224. The van der Waals surface area contributed by atoms with E-state index < -0.39 is 5.09 Å². The van der Waals surface area contributed by atoms with Crippen molar-refractivity contribution in [1.82, 2.24) is 0 Å². The molecular formula is CmNO3-. The van der Waals surface area contributed by atoms with Crippen molar-refractivity contribution >= 4 is 0 Å². The van der Waals surface area contributed by atoms with Gasteiger partial charge in [-0.1, -0.05) is 0 Å². The predicted octanol–water partition coefficient (Wildman–Crippen LogP) is -0.239. The third-order valence-corrected chi connectivity index (χ3v) is 0. The van der Waals surface area contributed by atoms with Crippen molar-refractivity contribution in [3.63, 3.8) is 0 Å². The van der Waals surface area contributed by atoms with E-state index in [4.69, 9.17) is 15.3 Å². The quantitative estimate of drug-likeness (QED) is 0.458. The van der Waals surface area contributed by atoms with Crippen LogP contribution in [0.5, 0.6) is 0 Å². The van der Waals surface area contributed by atoms with Crippen LogP contribution in [-0.2, 0) is 0 Å². The summed E-state index contributed by atoms with van der Waals surface area (Å²) in [5, 5.41) is 14.8. The van der Waals surface area contributed by atoms with Crippen LogP contribution in [0.15, 0.2) is 0 Å². The van der Waals surface area contributed by atoms with Crippen molar-refractivity contribution in [3.05, 3.63) is 15.3 Å². The summed E-state index contributed by atoms with van der Waals surface area (Å²) in [6, 6.07) is 0. The molecule has 5 heavy (non-hydrogen) atoms. The first-order valence-electron chi connectivity index (χ1n) is 0.548. The molecule has 0 bridgehead atoms. The molecule has 4 nitrogen and oxygen atoms in total. The number of rotatable bonds is 0. The van der Waals surface area contributed by atoms with Gasteiger partial charge in [0, 0.05) is 0 Å². The minimum Gasteiger partial charge on any atom is -0.356 e. The maximum absolute atomic E-state index is 8.25. The Hall–Kier alpha value is -1.80. The summed E-state index contributed by atoms with van der Waals surface area (Å²) in [5.41, 5.74) is 0. The van der Waals surface area contributed by atoms with E-state index in [-0.39, 0.29) is 0 Å². The van der Waals surface area contributed by atoms with Crippen LogP contribution in [0, 0.1) is 15.3 Å². The first kappa shape index (κ1) is 10.8. The van der Waals surface area contributed by atoms with Gasteiger partial charge in [0.2, 0.25) is 0 Å². The Kier molecular flexibility index (Phi) is 4.73. The van der Waals surface area contributed by atoms with Crippen LogP contribution in [0.25, 0.3) is 0 Å². The second-order valence-corrected chi connectivity index (χ2v) is 0.224. The van der Waals surface area contributed by atoms with Gasteiger partial charge in [0.05, 0.1) is 5.09 Å². The minimum atomic E-state index is -1.75. The molecule has 0 rings (SSSR count). The van der Waals surface area contributed by atoms with Gasteiger partial charge in [-0.3, -0.25) is 0 Å². The van der Waals surface area contributed by atoms with Crippen LogP contribution in [0.1, 0.15) is 0 Å². The average Bonchev–Trinajstić information content (AvgIpc) is 0.811. The van der Waals surface area contributed by atoms with Crippen molar-refractivity contribution in [2.24, 2.45) is 0 Å². The zero-order valence-electron chi connectivity index (χ0n) is 2.03. The molecule has 0 unspecified atom stereocenters. The van der Waals surface area contributed by atoms with E-state index in [1.54, 1.807) is 0 Å². The molecule has 0 fully saturated rings. The SMILES string of the molecule is O=[N+]([O-])[O-].[Cm]. The molecule has 0 amide bonds. The van der Waals surface area contributed by atoms with Crippen molar-refractivity contribution in [3.8, 4) is 0 Å². The van der Waals surface area contributed by atoms with Crippen LogP contribution in [0.4, 0.5) is 0 Å². The van der Waals surface area contributed by atoms with Gasteiger partial charge in [0.15, 0.2) is 0 Å². The van der Waals surface area contributed by atoms with E-state index in [9.17, 15) is 0 Å². The maximum Gasteiger partial charge on any atom is 0.0689 e. The van der Waals surface area contributed by atoms with Crippen LogP contribution in [-0.4, -0.2) is 5.09 Å². The average molecular weight is 309 g/mol. The van der Waals surface area contributed by atoms with Crippen LogP contribution in [0.3, 0.4) is 0 Å². The standard InChI is InChI=1S/Cm.NO3/c;2-1(3)4/q;-1. The van der Waals surface area contributed by atoms with Crippen molar-refractivity contribution < 1.29 is 5.09 Å². The van der Waals surface area contributed by atoms with Crippen molar-refractivity contribution in [2.45, 2.75) is 0 Å². The predicted molar refractivity (Wildman–Crippen MR) is 10.4 cm³/mol. The van der Waals surface area contributed by atoms with E-state index in [0.717, 1.165) is 0 Å². The number of nitrogens with zero attached hydrogens (tertiary/aromatic N) is 1. The topological polar surface area (TPSA) is 66.2 Å². The van der Waals surface area contributed by atoms with Gasteiger partial charge in [0.1, 0.15) is 0 Å². The van der Waals surface area contributed by atoms with Gasteiger partial charge in [-0.2, -0.15) is 0 Å². The Morgan fingerprint density at radius 1 is 1.40 bits per heavy atom. The summed E-state index contributed by atoms with van der Waals surface area (Å²) in [5.74, 6) is 0. The van der Waals surface area contributed by atoms with Gasteiger partial charge >= 0.3 is 0 Å². The zero-order chi connectivity index (χ0) is 3.58. The largest absolute Gasteiger partial charge is 0.356 e. The molecule has 0 aromatic rings. The van der Waals surface area contributed by atoms with Gasteiger partial charge < -0.3 is 15.3 Å². The van der Waals surface area contributed by atoms with Gasteiger partial charge in [-0.05, 0) is 0 Å². The van der Waals surface area contributed by atoms with E-state index in [2.05, 4.69) is 0 Å². The summed E-state index contributed by atoms with van der Waals surface area (Å²) in [6.07, 6.45) is 0. The Balaban J connectivity index is 0. The van der Waals surface area contributed by atoms with Gasteiger partial charge in [0.25, 0.3) is 0 Å². The second kappa shape index (κ2) is 2.20. The van der Waals surface area contributed by atoms with Crippen LogP contribution >= 0.6 is 0 Å². The molecule has 5 heteroatoms. The minimum absolute atomic E-state index is 0. The molecule has 0 heterocycles. The normalized spacial score (nSPS) is 4.80. The third kappa shape index (κ3) is 0.0272. The molecule has 0 atom stereocenters. The zero-order valence-corrected chi connectivity index (χ0v) is 4.97. The molecule has 0 N–H and O–H groups in total. The Bertz CT molecular complexity index is 29.9. The first-order chi connectivity index (χ1) is 1.73. The monoisotopic (exact) mass is 305 g/mol. The Morgan fingerprint density at radius 2 is 1.40 bits per heavy atom. The summed E-state index contributed by atoms with van der Waals surface area (Å²) in [4.78, 5) is 8.25. The first-order valence-corrected chi connectivity index (χ1v) is 0.548. The molecule has 0 radical (unpaired) electrons. The van der Waals surface area contributed by atoms with Gasteiger partial charge in [-0.15, -0.1) is 0 Å². The summed E-state index contributed by atoms with van der Waals surface area (Å²) in [6.45, 7) is 0. The number of hydrogen-bond donors (Lipinski definition) is 0. The molecule has 0 aromatic carbocycles. The fourth-order valence-corrected chi connectivity index (χ4v) is 0. The fraction of sp³-hybridized carbons (Fsp3) is 0. The van der Waals surface area contributed by atoms with Crippen LogP contribution in [0.2, 0.25) is 0 Å². The smallest absolute Gasteiger partial charge is 0.0689 e. The van der Waals surface area contributed by atoms with Gasteiger partial charge in [-0.25, -0.2) is 0 Å². The molecule has 32 valence electrons. The maximum atomic E-state index is 8.25. The Labute approximate surface area is 21.8 Å². The summed E-state index contributed by atoms with van der Waals surface area (Å²) < 4.78 is 0. The summed E-state index contributed by atoms with van der Waals surface area (Å²) in [7, 11) is 0. The third-order valence-electron chi connectivity index (χ3n) is 0.